The minimum atomic E-state index is -4.81. The second-order valence-corrected chi connectivity index (χ2v) is 16.2. The van der Waals surface area contributed by atoms with Gasteiger partial charge in [-0.25, -0.2) is 4.57 Å². The van der Waals surface area contributed by atoms with Crippen molar-refractivity contribution in [2.24, 2.45) is 5.92 Å². The van der Waals surface area contributed by atoms with Gasteiger partial charge in [0, 0.05) is 12.8 Å². The maximum atomic E-state index is 12.4. The van der Waals surface area contributed by atoms with Gasteiger partial charge in [0.2, 0.25) is 0 Å². The minimum absolute atomic E-state index is 0.0197. The van der Waals surface area contributed by atoms with Gasteiger partial charge in [-0.2, -0.15) is 0 Å². The van der Waals surface area contributed by atoms with Crippen molar-refractivity contribution in [2.75, 3.05) is 13.2 Å². The molecule has 0 saturated carbocycles. The lowest BCUT2D eigenvalue weighted by Gasteiger charge is -2.18. The second-order valence-electron chi connectivity index (χ2n) is 15.0. The molecular formula is C45H79O9P. The largest absolute Gasteiger partial charge is 0.469 e. The zero-order valence-electron chi connectivity index (χ0n) is 34.8. The number of unbranched alkanes of at least 4 members (excludes halogenated alkanes) is 15. The number of esters is 2. The van der Waals surface area contributed by atoms with E-state index in [1.165, 1.54) is 83.5 Å². The molecule has 0 aliphatic rings. The van der Waals surface area contributed by atoms with E-state index in [2.05, 4.69) is 61.8 Å². The van der Waals surface area contributed by atoms with Gasteiger partial charge in [-0.15, -0.1) is 0 Å². The molecular weight excluding hydrogens is 715 g/mol. The Balaban J connectivity index is 4.07. The average Bonchev–Trinajstić information content (AvgIpc) is 3.13. The number of carbonyl (C=O) groups is 2. The van der Waals surface area contributed by atoms with E-state index in [0.717, 1.165) is 50.9 Å². The van der Waals surface area contributed by atoms with Crippen molar-refractivity contribution in [3.05, 3.63) is 60.8 Å². The van der Waals surface area contributed by atoms with Crippen molar-refractivity contribution in [1.29, 1.82) is 0 Å². The molecule has 0 bridgehead atoms. The summed E-state index contributed by atoms with van der Waals surface area (Å²) in [6.45, 7) is 5.76. The minimum Gasteiger partial charge on any atom is -0.462 e. The zero-order chi connectivity index (χ0) is 40.7. The lowest BCUT2D eigenvalue weighted by atomic mass is 10.0. The summed E-state index contributed by atoms with van der Waals surface area (Å²) >= 11 is 0. The molecule has 0 aliphatic carbocycles. The normalized spacial score (nSPS) is 13.7. The number of ether oxygens (including phenoxy) is 2. The lowest BCUT2D eigenvalue weighted by molar-refractivity contribution is -0.161. The van der Waals surface area contributed by atoms with Gasteiger partial charge < -0.3 is 24.4 Å². The van der Waals surface area contributed by atoms with Crippen LogP contribution in [0.2, 0.25) is 0 Å². The number of rotatable bonds is 38. The van der Waals surface area contributed by atoms with Crippen molar-refractivity contribution in [3.63, 3.8) is 0 Å². The Kier molecular flexibility index (Phi) is 37.0. The molecule has 0 radical (unpaired) electrons. The molecule has 0 amide bonds. The van der Waals surface area contributed by atoms with Gasteiger partial charge >= 0.3 is 19.8 Å². The van der Waals surface area contributed by atoms with Crippen LogP contribution in [0.15, 0.2) is 60.8 Å². The van der Waals surface area contributed by atoms with Gasteiger partial charge in [0.15, 0.2) is 6.10 Å². The van der Waals surface area contributed by atoms with Crippen LogP contribution >= 0.6 is 7.82 Å². The Morgan fingerprint density at radius 3 is 1.56 bits per heavy atom. The number of hydrogen-bond acceptors (Lipinski definition) is 7. The number of allylic oxidation sites excluding steroid dienone is 9. The van der Waals surface area contributed by atoms with Crippen molar-refractivity contribution in [3.8, 4) is 0 Å². The van der Waals surface area contributed by atoms with Crippen LogP contribution in [-0.4, -0.2) is 52.3 Å². The van der Waals surface area contributed by atoms with Crippen LogP contribution in [0, 0.1) is 5.92 Å². The van der Waals surface area contributed by atoms with Gasteiger partial charge in [0.1, 0.15) is 6.61 Å². The molecule has 0 aromatic carbocycles. The zero-order valence-corrected chi connectivity index (χ0v) is 35.7. The summed E-state index contributed by atoms with van der Waals surface area (Å²) in [7, 11) is -4.81. The van der Waals surface area contributed by atoms with Gasteiger partial charge in [0.05, 0.1) is 12.7 Å². The third-order valence-corrected chi connectivity index (χ3v) is 9.57. The highest BCUT2D eigenvalue weighted by Gasteiger charge is 2.23. The van der Waals surface area contributed by atoms with E-state index in [9.17, 15) is 19.3 Å². The number of carbonyl (C=O) groups excluding carboxylic acids is 2. The first-order chi connectivity index (χ1) is 26.5. The van der Waals surface area contributed by atoms with E-state index in [4.69, 9.17) is 19.3 Å². The Hall–Kier alpha value is -2.29. The smallest absolute Gasteiger partial charge is 0.462 e. The molecule has 10 heteroatoms. The molecule has 0 aliphatic heterocycles. The molecule has 0 aromatic rings. The first-order valence-corrected chi connectivity index (χ1v) is 23.1. The van der Waals surface area contributed by atoms with E-state index < -0.39 is 38.6 Å². The van der Waals surface area contributed by atoms with E-state index >= 15 is 0 Å². The Labute approximate surface area is 335 Å². The van der Waals surface area contributed by atoms with E-state index in [1.54, 1.807) is 12.2 Å². The van der Waals surface area contributed by atoms with Gasteiger partial charge in [-0.05, 0) is 50.9 Å². The first kappa shape index (κ1) is 52.7. The number of aliphatic hydroxyl groups excluding tert-OH is 1. The standard InChI is InChI=1S/C45H79O9P/c1-4-5-6-7-8-9-10-15-19-22-25-28-31-35-42(46)36-33-38-45(48)54-43(40-53-55(49,50)51)39-52-44(47)37-32-29-26-23-20-17-14-12-11-13-16-18-21-24-27-30-34-41(2)3/h5-6,8-9,15,19,25,28,31,35,41-43,46H,4,7,10-14,16-18,20-24,26-27,29-30,32-34,36-40H2,1-3H3,(H2,49,50,51)/b6-5-,9-8-,19-15-,28-25-,35-31+/t42?,43-/m1/s1. The molecule has 0 fully saturated rings. The predicted molar refractivity (Wildman–Crippen MR) is 226 cm³/mol. The van der Waals surface area contributed by atoms with E-state index in [0.29, 0.717) is 19.3 Å². The molecule has 0 saturated heterocycles. The molecule has 318 valence electrons. The Morgan fingerprint density at radius 2 is 1.05 bits per heavy atom. The summed E-state index contributed by atoms with van der Waals surface area (Å²) in [5.41, 5.74) is 0. The lowest BCUT2D eigenvalue weighted by Crippen LogP contribution is -2.29. The SMILES string of the molecule is CC/C=C\C/C=C\C/C=C\C/C=C\C=C\C(O)CCCC(=O)O[C@H](COC(=O)CCCCCCCCCCCCCCCCCCC(C)C)COP(=O)(O)O. The van der Waals surface area contributed by atoms with Crippen molar-refractivity contribution >= 4 is 19.8 Å². The monoisotopic (exact) mass is 795 g/mol. The first-order valence-electron chi connectivity index (χ1n) is 21.5. The highest BCUT2D eigenvalue weighted by Crippen LogP contribution is 2.36. The summed E-state index contributed by atoms with van der Waals surface area (Å²) in [6.07, 6.45) is 44.1. The molecule has 0 rings (SSSR count). The maximum Gasteiger partial charge on any atom is 0.469 e. The van der Waals surface area contributed by atoms with Crippen LogP contribution in [0.1, 0.15) is 181 Å². The fraction of sp³-hybridized carbons (Fsp3) is 0.733. The van der Waals surface area contributed by atoms with Crippen LogP contribution in [0.25, 0.3) is 0 Å². The van der Waals surface area contributed by atoms with Crippen LogP contribution in [0.3, 0.4) is 0 Å². The molecule has 9 nitrogen and oxygen atoms in total. The maximum absolute atomic E-state index is 12.4. The van der Waals surface area contributed by atoms with E-state index in [1.807, 2.05) is 12.2 Å². The van der Waals surface area contributed by atoms with Crippen LogP contribution in [-0.2, 0) is 28.2 Å². The van der Waals surface area contributed by atoms with Crippen molar-refractivity contribution < 1.29 is 43.0 Å². The van der Waals surface area contributed by atoms with Crippen molar-refractivity contribution in [1.82, 2.24) is 0 Å². The summed E-state index contributed by atoms with van der Waals surface area (Å²) in [5, 5.41) is 10.2. The van der Waals surface area contributed by atoms with Gasteiger partial charge in [0.25, 0.3) is 0 Å². The van der Waals surface area contributed by atoms with Gasteiger partial charge in [-0.1, -0.05) is 184 Å². The molecule has 1 unspecified atom stereocenters. The quantitative estimate of drug-likeness (QED) is 0.0183. The third-order valence-electron chi connectivity index (χ3n) is 9.08. The summed E-state index contributed by atoms with van der Waals surface area (Å²) in [4.78, 5) is 42.9. The molecule has 55 heavy (non-hydrogen) atoms. The highest BCUT2D eigenvalue weighted by molar-refractivity contribution is 7.46. The molecule has 0 aromatic heterocycles. The van der Waals surface area contributed by atoms with Gasteiger partial charge in [-0.3, -0.25) is 14.1 Å². The average molecular weight is 795 g/mol. The fourth-order valence-corrected chi connectivity index (χ4v) is 6.24. The third kappa shape index (κ3) is 42.7. The Morgan fingerprint density at radius 1 is 0.582 bits per heavy atom. The fourth-order valence-electron chi connectivity index (χ4n) is 5.88. The number of aliphatic hydroxyl groups is 1. The topological polar surface area (TPSA) is 140 Å². The number of phosphoric acid groups is 1. The van der Waals surface area contributed by atoms with E-state index in [-0.39, 0.29) is 19.4 Å². The summed E-state index contributed by atoms with van der Waals surface area (Å²) in [5.74, 6) is -0.254. The van der Waals surface area contributed by atoms with Crippen LogP contribution in [0.5, 0.6) is 0 Å². The van der Waals surface area contributed by atoms with Crippen LogP contribution < -0.4 is 0 Å². The second kappa shape index (κ2) is 38.6. The number of hydrogen-bond donors (Lipinski definition) is 3. The molecule has 2 atom stereocenters. The van der Waals surface area contributed by atoms with Crippen molar-refractivity contribution in [2.45, 2.75) is 193 Å². The Bertz CT molecular complexity index is 1110. The molecule has 0 spiro atoms. The molecule has 3 N–H and O–H groups in total. The number of phosphoric ester groups is 1. The summed E-state index contributed by atoms with van der Waals surface area (Å²) < 4.78 is 26.3. The molecule has 0 heterocycles. The highest BCUT2D eigenvalue weighted by atomic mass is 31.2. The predicted octanol–water partition coefficient (Wildman–Crippen LogP) is 12.1. The summed E-state index contributed by atoms with van der Waals surface area (Å²) in [6, 6.07) is 0. The van der Waals surface area contributed by atoms with Crippen LogP contribution in [0.4, 0.5) is 0 Å².